The molecule has 118 valence electrons. The molecule has 0 radical (unpaired) electrons. The second-order valence-electron chi connectivity index (χ2n) is 5.00. The third-order valence-electron chi connectivity index (χ3n) is 3.17. The van der Waals surface area contributed by atoms with E-state index >= 15 is 0 Å². The van der Waals surface area contributed by atoms with Crippen molar-refractivity contribution in [3.05, 3.63) is 59.4 Å². The molecule has 0 fully saturated rings. The van der Waals surface area contributed by atoms with Gasteiger partial charge in [0.1, 0.15) is 0 Å². The highest BCUT2D eigenvalue weighted by Gasteiger charge is 2.12. The lowest BCUT2D eigenvalue weighted by atomic mass is 10.2. The van der Waals surface area contributed by atoms with Crippen molar-refractivity contribution >= 4 is 15.5 Å². The summed E-state index contributed by atoms with van der Waals surface area (Å²) in [5.74, 6) is -3.98. The number of sulfone groups is 1. The summed E-state index contributed by atoms with van der Waals surface area (Å²) in [6.45, 7) is 0.145. The predicted octanol–water partition coefficient (Wildman–Crippen LogP) is 3.14. The molecule has 7 heteroatoms. The smallest absolute Gasteiger partial charge is 0.194 e. The molecule has 0 atom stereocenters. The van der Waals surface area contributed by atoms with E-state index in [-0.39, 0.29) is 17.0 Å². The SMILES string of the molecule is CN(Cc1cc(F)c(F)c(F)c1)c1ccc(S(C)(=O)=O)cc1. The molecular formula is C15H14F3NO2S. The topological polar surface area (TPSA) is 37.4 Å². The van der Waals surface area contributed by atoms with Crippen molar-refractivity contribution in [3.8, 4) is 0 Å². The summed E-state index contributed by atoms with van der Waals surface area (Å²) < 4.78 is 62.0. The first-order chi connectivity index (χ1) is 10.2. The summed E-state index contributed by atoms with van der Waals surface area (Å²) in [7, 11) is -1.60. The van der Waals surface area contributed by atoms with E-state index in [0.717, 1.165) is 18.4 Å². The van der Waals surface area contributed by atoms with E-state index < -0.39 is 27.3 Å². The van der Waals surface area contributed by atoms with Crippen LogP contribution >= 0.6 is 0 Å². The molecule has 3 nitrogen and oxygen atoms in total. The molecule has 2 rings (SSSR count). The zero-order chi connectivity index (χ0) is 16.5. The summed E-state index contributed by atoms with van der Waals surface area (Å²) in [4.78, 5) is 1.85. The van der Waals surface area contributed by atoms with Crippen LogP contribution in [0.25, 0.3) is 0 Å². The van der Waals surface area contributed by atoms with Gasteiger partial charge in [-0.3, -0.25) is 0 Å². The van der Waals surface area contributed by atoms with Crippen LogP contribution in [-0.4, -0.2) is 21.7 Å². The summed E-state index contributed by atoms with van der Waals surface area (Å²) in [5.41, 5.74) is 0.934. The lowest BCUT2D eigenvalue weighted by molar-refractivity contribution is 0.445. The van der Waals surface area contributed by atoms with Gasteiger partial charge < -0.3 is 4.90 Å². The van der Waals surface area contributed by atoms with Gasteiger partial charge in [0.15, 0.2) is 27.3 Å². The van der Waals surface area contributed by atoms with E-state index in [1.54, 1.807) is 24.1 Å². The van der Waals surface area contributed by atoms with Crippen LogP contribution in [0.2, 0.25) is 0 Å². The van der Waals surface area contributed by atoms with Crippen molar-refractivity contribution in [3.63, 3.8) is 0 Å². The van der Waals surface area contributed by atoms with E-state index in [0.29, 0.717) is 5.69 Å². The van der Waals surface area contributed by atoms with Gasteiger partial charge in [0.2, 0.25) is 0 Å². The maximum atomic E-state index is 13.2. The predicted molar refractivity (Wildman–Crippen MR) is 78.0 cm³/mol. The van der Waals surface area contributed by atoms with Crippen LogP contribution in [0.15, 0.2) is 41.3 Å². The Kier molecular flexibility index (Phi) is 4.46. The Bertz CT molecular complexity index is 766. The summed E-state index contributed by atoms with van der Waals surface area (Å²) in [6, 6.07) is 7.94. The molecule has 0 saturated carbocycles. The molecule has 0 aromatic heterocycles. The van der Waals surface area contributed by atoms with E-state index in [1.807, 2.05) is 0 Å². The average Bonchev–Trinajstić information content (AvgIpc) is 2.44. The van der Waals surface area contributed by atoms with E-state index in [2.05, 4.69) is 0 Å². The van der Waals surface area contributed by atoms with Crippen LogP contribution in [0.1, 0.15) is 5.56 Å². The molecule has 2 aromatic carbocycles. The maximum absolute atomic E-state index is 13.2. The highest BCUT2D eigenvalue weighted by Crippen LogP contribution is 2.20. The van der Waals surface area contributed by atoms with Crippen molar-refractivity contribution in [1.82, 2.24) is 0 Å². The molecule has 0 amide bonds. The Labute approximate surface area is 126 Å². The zero-order valence-electron chi connectivity index (χ0n) is 12.0. The number of rotatable bonds is 4. The molecule has 2 aromatic rings. The molecule has 0 aliphatic heterocycles. The van der Waals surface area contributed by atoms with Crippen molar-refractivity contribution in [2.24, 2.45) is 0 Å². The Balaban J connectivity index is 2.21. The number of nitrogens with zero attached hydrogens (tertiary/aromatic N) is 1. The van der Waals surface area contributed by atoms with Crippen molar-refractivity contribution < 1.29 is 21.6 Å². The summed E-state index contributed by atoms with van der Waals surface area (Å²) in [5, 5.41) is 0. The zero-order valence-corrected chi connectivity index (χ0v) is 12.8. The first-order valence-electron chi connectivity index (χ1n) is 6.33. The number of anilines is 1. The third-order valence-corrected chi connectivity index (χ3v) is 4.30. The first kappa shape index (κ1) is 16.4. The van der Waals surface area contributed by atoms with Gasteiger partial charge in [-0.15, -0.1) is 0 Å². The largest absolute Gasteiger partial charge is 0.370 e. The van der Waals surface area contributed by atoms with Crippen molar-refractivity contribution in [1.29, 1.82) is 0 Å². The minimum absolute atomic E-state index is 0.145. The molecule has 0 N–H and O–H groups in total. The van der Waals surface area contributed by atoms with Gasteiger partial charge >= 0.3 is 0 Å². The normalized spacial score (nSPS) is 11.5. The van der Waals surface area contributed by atoms with Crippen LogP contribution in [0.5, 0.6) is 0 Å². The second kappa shape index (κ2) is 6.00. The van der Waals surface area contributed by atoms with Crippen LogP contribution in [-0.2, 0) is 16.4 Å². The van der Waals surface area contributed by atoms with Gasteiger partial charge in [-0.1, -0.05) is 0 Å². The van der Waals surface area contributed by atoms with E-state index in [1.165, 1.54) is 12.1 Å². The van der Waals surface area contributed by atoms with Gasteiger partial charge in [-0.2, -0.15) is 0 Å². The molecular weight excluding hydrogens is 315 g/mol. The second-order valence-corrected chi connectivity index (χ2v) is 7.01. The Morgan fingerprint density at radius 1 is 1.00 bits per heavy atom. The minimum Gasteiger partial charge on any atom is -0.370 e. The molecule has 0 saturated heterocycles. The average molecular weight is 329 g/mol. The fraction of sp³-hybridized carbons (Fsp3) is 0.200. The Morgan fingerprint density at radius 3 is 1.95 bits per heavy atom. The fourth-order valence-electron chi connectivity index (χ4n) is 2.01. The quantitative estimate of drug-likeness (QED) is 0.809. The first-order valence-corrected chi connectivity index (χ1v) is 8.22. The molecule has 0 heterocycles. The van der Waals surface area contributed by atoms with Gasteiger partial charge in [0, 0.05) is 25.5 Å². The number of hydrogen-bond acceptors (Lipinski definition) is 3. The Hall–Kier alpha value is -2.02. The summed E-state index contributed by atoms with van der Waals surface area (Å²) >= 11 is 0. The van der Waals surface area contributed by atoms with E-state index in [9.17, 15) is 21.6 Å². The standard InChI is InChI=1S/C15H14F3NO2S/c1-19(9-10-7-13(16)15(18)14(17)8-10)11-3-5-12(6-4-11)22(2,20)21/h3-8H,9H2,1-2H3. The third kappa shape index (κ3) is 3.59. The van der Waals surface area contributed by atoms with Crippen LogP contribution < -0.4 is 4.90 Å². The van der Waals surface area contributed by atoms with Gasteiger partial charge in [-0.25, -0.2) is 21.6 Å². The highest BCUT2D eigenvalue weighted by molar-refractivity contribution is 7.90. The van der Waals surface area contributed by atoms with Crippen molar-refractivity contribution in [2.75, 3.05) is 18.2 Å². The molecule has 0 spiro atoms. The van der Waals surface area contributed by atoms with Gasteiger partial charge in [0.05, 0.1) is 4.90 Å². The number of benzene rings is 2. The molecule has 22 heavy (non-hydrogen) atoms. The minimum atomic E-state index is -3.28. The highest BCUT2D eigenvalue weighted by atomic mass is 32.2. The number of hydrogen-bond donors (Lipinski definition) is 0. The Morgan fingerprint density at radius 2 is 1.50 bits per heavy atom. The molecule has 0 bridgehead atoms. The van der Waals surface area contributed by atoms with Crippen LogP contribution in [0.4, 0.5) is 18.9 Å². The van der Waals surface area contributed by atoms with E-state index in [4.69, 9.17) is 0 Å². The summed E-state index contributed by atoms with van der Waals surface area (Å²) in [6.07, 6.45) is 1.11. The van der Waals surface area contributed by atoms with Gasteiger partial charge in [0.25, 0.3) is 0 Å². The molecule has 0 unspecified atom stereocenters. The number of halogens is 3. The molecule has 0 aliphatic rings. The molecule has 0 aliphatic carbocycles. The van der Waals surface area contributed by atoms with Gasteiger partial charge in [-0.05, 0) is 42.0 Å². The van der Waals surface area contributed by atoms with Crippen LogP contribution in [0.3, 0.4) is 0 Å². The van der Waals surface area contributed by atoms with Crippen molar-refractivity contribution in [2.45, 2.75) is 11.4 Å². The van der Waals surface area contributed by atoms with Crippen LogP contribution in [0, 0.1) is 17.5 Å². The monoisotopic (exact) mass is 329 g/mol. The lowest BCUT2D eigenvalue weighted by Crippen LogP contribution is -2.17. The lowest BCUT2D eigenvalue weighted by Gasteiger charge is -2.20. The fourth-order valence-corrected chi connectivity index (χ4v) is 2.64. The maximum Gasteiger partial charge on any atom is 0.194 e.